The monoisotopic (exact) mass is 545 g/mol. The average molecular weight is 546 g/mol. The molecule has 31 heavy (non-hydrogen) atoms. The minimum absolute atomic E-state index is 0. The Bertz CT molecular complexity index is 666. The number of hydrogen-bond donors (Lipinski definition) is 2. The highest BCUT2D eigenvalue weighted by Crippen LogP contribution is 2.16. The number of ether oxygens (including phenoxy) is 1. The molecule has 1 aromatic rings. The number of benzene rings is 1. The molecule has 1 aliphatic heterocycles. The van der Waals surface area contributed by atoms with Crippen LogP contribution in [0.25, 0.3) is 0 Å². The predicted molar refractivity (Wildman–Crippen MR) is 139 cm³/mol. The zero-order valence-electron chi connectivity index (χ0n) is 19.5. The zero-order chi connectivity index (χ0) is 21.8. The van der Waals surface area contributed by atoms with Gasteiger partial charge in [-0.3, -0.25) is 4.79 Å². The molecule has 7 nitrogen and oxygen atoms in total. The number of amides is 1. The SMILES string of the molecule is COc1ccc(CCNC(=NCC(=O)N(C)C)NCCCN2CCCCC2C)cc1.I. The van der Waals surface area contributed by atoms with Crippen molar-refractivity contribution in [1.82, 2.24) is 20.4 Å². The van der Waals surface area contributed by atoms with Crippen molar-refractivity contribution in [3.8, 4) is 5.75 Å². The summed E-state index contributed by atoms with van der Waals surface area (Å²) in [6.07, 6.45) is 5.90. The molecule has 0 radical (unpaired) electrons. The number of guanidine groups is 1. The maximum absolute atomic E-state index is 11.9. The molecule has 1 fully saturated rings. The summed E-state index contributed by atoms with van der Waals surface area (Å²) in [5.74, 6) is 1.56. The number of aliphatic imine (C=N–C) groups is 1. The van der Waals surface area contributed by atoms with Crippen molar-refractivity contribution in [2.45, 2.75) is 45.1 Å². The maximum atomic E-state index is 11.9. The number of hydrogen-bond acceptors (Lipinski definition) is 4. The molecule has 1 aliphatic rings. The maximum Gasteiger partial charge on any atom is 0.243 e. The van der Waals surface area contributed by atoms with Crippen molar-refractivity contribution in [1.29, 1.82) is 0 Å². The van der Waals surface area contributed by atoms with E-state index in [1.165, 1.54) is 31.4 Å². The molecule has 0 saturated carbocycles. The third-order valence-corrected chi connectivity index (χ3v) is 5.59. The second-order valence-electron chi connectivity index (χ2n) is 8.14. The summed E-state index contributed by atoms with van der Waals surface area (Å²) in [7, 11) is 5.18. The first-order valence-corrected chi connectivity index (χ1v) is 11.1. The van der Waals surface area contributed by atoms with E-state index in [1.807, 2.05) is 12.1 Å². The van der Waals surface area contributed by atoms with E-state index < -0.39 is 0 Å². The van der Waals surface area contributed by atoms with Crippen LogP contribution in [0.3, 0.4) is 0 Å². The minimum Gasteiger partial charge on any atom is -0.497 e. The highest BCUT2D eigenvalue weighted by Gasteiger charge is 2.17. The molecule has 0 spiro atoms. The number of halogens is 1. The quantitative estimate of drug-likeness (QED) is 0.205. The Hall–Kier alpha value is -1.55. The van der Waals surface area contributed by atoms with Crippen LogP contribution in [0.2, 0.25) is 0 Å². The lowest BCUT2D eigenvalue weighted by molar-refractivity contribution is -0.127. The standard InChI is InChI=1S/C23H39N5O2.HI/c1-19-8-5-6-16-28(19)17-7-14-24-23(26-18-22(29)27(2)3)25-15-13-20-9-11-21(30-4)12-10-20;/h9-12,19H,5-8,13-18H2,1-4H3,(H2,24,25,26);1H. The fourth-order valence-electron chi connectivity index (χ4n) is 3.56. The molecule has 0 aliphatic carbocycles. The molecule has 2 N–H and O–H groups in total. The Labute approximate surface area is 205 Å². The second kappa shape index (κ2) is 15.3. The van der Waals surface area contributed by atoms with Gasteiger partial charge in [0.25, 0.3) is 0 Å². The third-order valence-electron chi connectivity index (χ3n) is 5.59. The first-order chi connectivity index (χ1) is 14.5. The van der Waals surface area contributed by atoms with Crippen LogP contribution < -0.4 is 15.4 Å². The van der Waals surface area contributed by atoms with Crippen LogP contribution in [0.15, 0.2) is 29.3 Å². The number of carbonyl (C=O) groups is 1. The molecule has 1 saturated heterocycles. The number of rotatable bonds is 10. The molecule has 176 valence electrons. The first-order valence-electron chi connectivity index (χ1n) is 11.1. The van der Waals surface area contributed by atoms with Gasteiger partial charge >= 0.3 is 0 Å². The Kier molecular flexibility index (Phi) is 13.6. The number of carbonyl (C=O) groups excluding carboxylic acids is 1. The van der Waals surface area contributed by atoms with Crippen LogP contribution in [-0.4, -0.2) is 81.6 Å². The van der Waals surface area contributed by atoms with Gasteiger partial charge in [-0.2, -0.15) is 0 Å². The van der Waals surface area contributed by atoms with E-state index in [0.29, 0.717) is 12.0 Å². The molecule has 0 bridgehead atoms. The molecule has 1 unspecified atom stereocenters. The largest absolute Gasteiger partial charge is 0.497 e. The molecule has 8 heteroatoms. The fraction of sp³-hybridized carbons (Fsp3) is 0.652. The van der Waals surface area contributed by atoms with Crippen molar-refractivity contribution in [3.63, 3.8) is 0 Å². The number of nitrogens with one attached hydrogen (secondary N) is 2. The van der Waals surface area contributed by atoms with E-state index in [1.54, 1.807) is 26.1 Å². The van der Waals surface area contributed by atoms with Crippen LogP contribution in [0.5, 0.6) is 5.75 Å². The van der Waals surface area contributed by atoms with Crippen molar-refractivity contribution >= 4 is 35.8 Å². The predicted octanol–water partition coefficient (Wildman–Crippen LogP) is 2.74. The lowest BCUT2D eigenvalue weighted by atomic mass is 10.0. The lowest BCUT2D eigenvalue weighted by Gasteiger charge is -2.33. The summed E-state index contributed by atoms with van der Waals surface area (Å²) in [6.45, 7) is 6.37. The second-order valence-corrected chi connectivity index (χ2v) is 8.14. The summed E-state index contributed by atoms with van der Waals surface area (Å²) in [6, 6.07) is 8.77. The van der Waals surface area contributed by atoms with Crippen LogP contribution in [-0.2, 0) is 11.2 Å². The van der Waals surface area contributed by atoms with E-state index in [-0.39, 0.29) is 36.4 Å². The highest BCUT2D eigenvalue weighted by molar-refractivity contribution is 14.0. The Morgan fingerprint density at radius 1 is 1.19 bits per heavy atom. The van der Waals surface area contributed by atoms with Crippen molar-refractivity contribution in [2.75, 3.05) is 53.9 Å². The summed E-state index contributed by atoms with van der Waals surface area (Å²) < 4.78 is 5.21. The molecule has 1 aromatic carbocycles. The number of piperidine rings is 1. The van der Waals surface area contributed by atoms with Crippen molar-refractivity contribution in [2.24, 2.45) is 4.99 Å². The molecule has 1 amide bonds. The van der Waals surface area contributed by atoms with Crippen LogP contribution in [0, 0.1) is 0 Å². The third kappa shape index (κ3) is 10.5. The van der Waals surface area contributed by atoms with Gasteiger partial charge in [0.2, 0.25) is 5.91 Å². The van der Waals surface area contributed by atoms with Gasteiger partial charge < -0.3 is 25.2 Å². The Morgan fingerprint density at radius 3 is 2.55 bits per heavy atom. The fourth-order valence-corrected chi connectivity index (χ4v) is 3.56. The Balaban J connectivity index is 0.00000480. The Morgan fingerprint density at radius 2 is 1.90 bits per heavy atom. The number of methoxy groups -OCH3 is 1. The van der Waals surface area contributed by atoms with Crippen LogP contribution >= 0.6 is 24.0 Å². The van der Waals surface area contributed by atoms with Gasteiger partial charge in [-0.25, -0.2) is 4.99 Å². The van der Waals surface area contributed by atoms with E-state index in [0.717, 1.165) is 38.2 Å². The molecular formula is C23H40IN5O2. The summed E-state index contributed by atoms with van der Waals surface area (Å²) in [5.41, 5.74) is 1.23. The van der Waals surface area contributed by atoms with E-state index >= 15 is 0 Å². The zero-order valence-corrected chi connectivity index (χ0v) is 21.9. The van der Waals surface area contributed by atoms with Gasteiger partial charge in [0.1, 0.15) is 12.3 Å². The van der Waals surface area contributed by atoms with E-state index in [4.69, 9.17) is 4.74 Å². The molecule has 2 rings (SSSR count). The van der Waals surface area contributed by atoms with Gasteiger partial charge in [-0.1, -0.05) is 18.6 Å². The number of nitrogens with zero attached hydrogens (tertiary/aromatic N) is 3. The first kappa shape index (κ1) is 27.5. The van der Waals surface area contributed by atoms with Crippen LogP contribution in [0.4, 0.5) is 0 Å². The molecule has 1 atom stereocenters. The van der Waals surface area contributed by atoms with Crippen molar-refractivity contribution in [3.05, 3.63) is 29.8 Å². The highest BCUT2D eigenvalue weighted by atomic mass is 127. The number of likely N-dealkylation sites (N-methyl/N-ethyl adjacent to an activating group) is 1. The normalized spacial score (nSPS) is 16.9. The number of likely N-dealkylation sites (tertiary alicyclic amines) is 1. The molecular weight excluding hydrogens is 505 g/mol. The summed E-state index contributed by atoms with van der Waals surface area (Å²) in [4.78, 5) is 20.5. The molecule has 1 heterocycles. The summed E-state index contributed by atoms with van der Waals surface area (Å²) in [5, 5.41) is 6.76. The van der Waals surface area contributed by atoms with Gasteiger partial charge in [-0.05, 0) is 56.8 Å². The molecule has 0 aromatic heterocycles. The smallest absolute Gasteiger partial charge is 0.243 e. The van der Waals surface area contributed by atoms with E-state index in [9.17, 15) is 4.79 Å². The van der Waals surface area contributed by atoms with E-state index in [2.05, 4.69) is 39.6 Å². The minimum atomic E-state index is -0.00611. The average Bonchev–Trinajstić information content (AvgIpc) is 2.75. The van der Waals surface area contributed by atoms with Gasteiger partial charge in [0, 0.05) is 39.8 Å². The van der Waals surface area contributed by atoms with Gasteiger partial charge in [0.15, 0.2) is 5.96 Å². The van der Waals surface area contributed by atoms with Crippen molar-refractivity contribution < 1.29 is 9.53 Å². The van der Waals surface area contributed by atoms with Crippen LogP contribution in [0.1, 0.15) is 38.2 Å². The lowest BCUT2D eigenvalue weighted by Crippen LogP contribution is -2.42. The summed E-state index contributed by atoms with van der Waals surface area (Å²) >= 11 is 0. The van der Waals surface area contributed by atoms with Gasteiger partial charge in [-0.15, -0.1) is 24.0 Å². The topological polar surface area (TPSA) is 69.2 Å². The van der Waals surface area contributed by atoms with Gasteiger partial charge in [0.05, 0.1) is 7.11 Å².